The number of aromatic nitrogens is 1. The molecular weight excluding hydrogens is 158 g/mol. The summed E-state index contributed by atoms with van der Waals surface area (Å²) in [6.07, 6.45) is 10.9. The molecule has 0 saturated carbocycles. The van der Waals surface area contributed by atoms with Crippen LogP contribution in [0, 0.1) is 12.3 Å². The van der Waals surface area contributed by atoms with E-state index in [4.69, 9.17) is 0 Å². The quantitative estimate of drug-likeness (QED) is 0.611. The van der Waals surface area contributed by atoms with Crippen LogP contribution >= 0.6 is 0 Å². The van der Waals surface area contributed by atoms with E-state index in [-0.39, 0.29) is 5.41 Å². The highest BCUT2D eigenvalue weighted by atomic mass is 14.7. The summed E-state index contributed by atoms with van der Waals surface area (Å²) >= 11 is 0. The first-order valence-electron chi connectivity index (χ1n) is 4.65. The molecule has 0 saturated heterocycles. The van der Waals surface area contributed by atoms with E-state index < -0.39 is 0 Å². The molecule has 0 unspecified atom stereocenters. The predicted molar refractivity (Wildman–Crippen MR) is 56.6 cm³/mol. The SMILES string of the molecule is Cc1c[nH]c2c1=CC=CC(C)(C)C=2. The smallest absolute Gasteiger partial charge is 0.0424 e. The van der Waals surface area contributed by atoms with Gasteiger partial charge in [-0.1, -0.05) is 38.2 Å². The van der Waals surface area contributed by atoms with Crippen LogP contribution in [0.5, 0.6) is 0 Å². The second-order valence-corrected chi connectivity index (χ2v) is 4.29. The number of aromatic amines is 1. The van der Waals surface area contributed by atoms with Gasteiger partial charge in [0.25, 0.3) is 0 Å². The van der Waals surface area contributed by atoms with Crippen LogP contribution in [0.1, 0.15) is 19.4 Å². The van der Waals surface area contributed by atoms with Crippen molar-refractivity contribution in [1.82, 2.24) is 4.98 Å². The molecule has 1 aromatic rings. The largest absolute Gasteiger partial charge is 0.361 e. The molecule has 0 radical (unpaired) electrons. The van der Waals surface area contributed by atoms with Crippen molar-refractivity contribution in [3.8, 4) is 0 Å². The molecule has 0 aromatic carbocycles. The van der Waals surface area contributed by atoms with Crippen molar-refractivity contribution in [3.05, 3.63) is 34.5 Å². The van der Waals surface area contributed by atoms with Gasteiger partial charge in [0.05, 0.1) is 0 Å². The molecule has 0 fully saturated rings. The van der Waals surface area contributed by atoms with Crippen molar-refractivity contribution in [1.29, 1.82) is 0 Å². The Morgan fingerprint density at radius 3 is 2.85 bits per heavy atom. The molecule has 1 heterocycles. The van der Waals surface area contributed by atoms with Gasteiger partial charge in [0.15, 0.2) is 0 Å². The van der Waals surface area contributed by atoms with Gasteiger partial charge in [0, 0.05) is 22.2 Å². The maximum Gasteiger partial charge on any atom is 0.0424 e. The minimum Gasteiger partial charge on any atom is -0.361 e. The third kappa shape index (κ3) is 1.46. The molecule has 0 amide bonds. The lowest BCUT2D eigenvalue weighted by atomic mass is 9.93. The number of fused-ring (bicyclic) bond motifs is 1. The first-order valence-corrected chi connectivity index (χ1v) is 4.65. The zero-order valence-electron chi connectivity index (χ0n) is 8.39. The second-order valence-electron chi connectivity index (χ2n) is 4.29. The molecule has 13 heavy (non-hydrogen) atoms. The number of hydrogen-bond acceptors (Lipinski definition) is 0. The second kappa shape index (κ2) is 2.63. The zero-order chi connectivity index (χ0) is 9.47. The van der Waals surface area contributed by atoms with Crippen LogP contribution in [-0.4, -0.2) is 4.98 Å². The molecule has 68 valence electrons. The van der Waals surface area contributed by atoms with E-state index in [0.29, 0.717) is 0 Å². The van der Waals surface area contributed by atoms with Crippen LogP contribution < -0.4 is 10.6 Å². The number of aryl methyl sites for hydroxylation is 1. The molecule has 0 spiro atoms. The highest BCUT2D eigenvalue weighted by molar-refractivity contribution is 5.48. The van der Waals surface area contributed by atoms with E-state index in [2.05, 4.69) is 56.3 Å². The van der Waals surface area contributed by atoms with Gasteiger partial charge < -0.3 is 4.98 Å². The number of nitrogens with one attached hydrogen (secondary N) is 1. The fourth-order valence-electron chi connectivity index (χ4n) is 1.71. The molecular formula is C12H15N. The summed E-state index contributed by atoms with van der Waals surface area (Å²) in [6, 6.07) is 0. The van der Waals surface area contributed by atoms with Gasteiger partial charge in [-0.3, -0.25) is 0 Å². The summed E-state index contributed by atoms with van der Waals surface area (Å²) in [4.78, 5) is 3.29. The monoisotopic (exact) mass is 173 g/mol. The number of H-pyrrole nitrogens is 1. The van der Waals surface area contributed by atoms with Gasteiger partial charge in [-0.15, -0.1) is 0 Å². The van der Waals surface area contributed by atoms with Gasteiger partial charge >= 0.3 is 0 Å². The lowest BCUT2D eigenvalue weighted by Crippen LogP contribution is -2.25. The van der Waals surface area contributed by atoms with E-state index in [1.807, 2.05) is 0 Å². The Morgan fingerprint density at radius 1 is 1.31 bits per heavy atom. The Morgan fingerprint density at radius 2 is 2.08 bits per heavy atom. The third-order valence-corrected chi connectivity index (χ3v) is 2.46. The Hall–Kier alpha value is -1.24. The average molecular weight is 173 g/mol. The predicted octanol–water partition coefficient (Wildman–Crippen LogP) is 1.48. The van der Waals surface area contributed by atoms with Crippen molar-refractivity contribution in [2.24, 2.45) is 5.41 Å². The van der Waals surface area contributed by atoms with Crippen LogP contribution in [0.4, 0.5) is 0 Å². The normalized spacial score (nSPS) is 18.4. The van der Waals surface area contributed by atoms with Crippen molar-refractivity contribution < 1.29 is 0 Å². The first kappa shape index (κ1) is 8.36. The fraction of sp³-hybridized carbons (Fsp3) is 0.333. The van der Waals surface area contributed by atoms with Crippen molar-refractivity contribution in [3.63, 3.8) is 0 Å². The lowest BCUT2D eigenvalue weighted by Gasteiger charge is -2.12. The number of allylic oxidation sites excluding steroid dienone is 2. The van der Waals surface area contributed by atoms with E-state index in [0.717, 1.165) is 0 Å². The van der Waals surface area contributed by atoms with Gasteiger partial charge in [0.1, 0.15) is 0 Å². The molecule has 1 nitrogen and oxygen atoms in total. The summed E-state index contributed by atoms with van der Waals surface area (Å²) < 4.78 is 0. The molecule has 0 bridgehead atoms. The zero-order valence-corrected chi connectivity index (χ0v) is 8.39. The summed E-state index contributed by atoms with van der Waals surface area (Å²) in [7, 11) is 0. The average Bonchev–Trinajstić information content (AvgIpc) is 2.31. The molecule has 2 rings (SSSR count). The highest BCUT2D eigenvalue weighted by Crippen LogP contribution is 2.19. The van der Waals surface area contributed by atoms with Crippen LogP contribution in [0.3, 0.4) is 0 Å². The van der Waals surface area contributed by atoms with Crippen molar-refractivity contribution in [2.45, 2.75) is 20.8 Å². The topological polar surface area (TPSA) is 15.8 Å². The van der Waals surface area contributed by atoms with Gasteiger partial charge in [0.2, 0.25) is 0 Å². The molecule has 1 N–H and O–H groups in total. The molecule has 1 aliphatic rings. The molecule has 0 aliphatic heterocycles. The molecule has 1 heteroatoms. The number of rotatable bonds is 0. The van der Waals surface area contributed by atoms with Crippen molar-refractivity contribution >= 4 is 12.2 Å². The minimum atomic E-state index is 0.152. The Balaban J connectivity index is 2.79. The van der Waals surface area contributed by atoms with Gasteiger partial charge in [-0.25, -0.2) is 0 Å². The van der Waals surface area contributed by atoms with Crippen molar-refractivity contribution in [2.75, 3.05) is 0 Å². The number of hydrogen-bond donors (Lipinski definition) is 1. The lowest BCUT2D eigenvalue weighted by molar-refractivity contribution is 0.669. The van der Waals surface area contributed by atoms with Crippen LogP contribution in [0.25, 0.3) is 12.2 Å². The Kier molecular flexibility index (Phi) is 1.69. The minimum absolute atomic E-state index is 0.152. The van der Waals surface area contributed by atoms with E-state index >= 15 is 0 Å². The highest BCUT2D eigenvalue weighted by Gasteiger charge is 2.11. The maximum absolute atomic E-state index is 3.29. The summed E-state index contributed by atoms with van der Waals surface area (Å²) in [6.45, 7) is 6.55. The van der Waals surface area contributed by atoms with Gasteiger partial charge in [-0.05, 0) is 12.5 Å². The Labute approximate surface area is 78.5 Å². The van der Waals surface area contributed by atoms with Crippen LogP contribution in [-0.2, 0) is 0 Å². The van der Waals surface area contributed by atoms with E-state index in [1.165, 1.54) is 16.1 Å². The summed E-state index contributed by atoms with van der Waals surface area (Å²) in [5, 5.41) is 2.56. The first-order chi connectivity index (χ1) is 6.08. The van der Waals surface area contributed by atoms with Crippen LogP contribution in [0.2, 0.25) is 0 Å². The Bertz CT molecular complexity index is 458. The van der Waals surface area contributed by atoms with E-state index in [1.54, 1.807) is 0 Å². The van der Waals surface area contributed by atoms with E-state index in [9.17, 15) is 0 Å². The fourth-order valence-corrected chi connectivity index (χ4v) is 1.71. The molecule has 1 aromatic heterocycles. The summed E-state index contributed by atoms with van der Waals surface area (Å²) in [5.74, 6) is 0. The molecule has 0 atom stereocenters. The standard InChI is InChI=1S/C12H15N/c1-9-8-13-11-7-12(2,3)6-4-5-10(9)11/h4-8,13H,1-3H3. The van der Waals surface area contributed by atoms with Gasteiger partial charge in [-0.2, -0.15) is 0 Å². The van der Waals surface area contributed by atoms with Crippen LogP contribution in [0.15, 0.2) is 18.3 Å². The molecule has 1 aliphatic carbocycles. The third-order valence-electron chi connectivity index (χ3n) is 2.46. The maximum atomic E-state index is 3.29. The summed E-state index contributed by atoms with van der Waals surface area (Å²) in [5.41, 5.74) is 1.47.